The molecule has 1 aliphatic rings. The van der Waals surface area contributed by atoms with Crippen molar-refractivity contribution in [3.8, 4) is 0 Å². The summed E-state index contributed by atoms with van der Waals surface area (Å²) < 4.78 is 0. The Morgan fingerprint density at radius 3 is 2.97 bits per heavy atom. The van der Waals surface area contributed by atoms with Gasteiger partial charge in [-0.3, -0.25) is 9.89 Å². The van der Waals surface area contributed by atoms with Crippen LogP contribution in [-0.2, 0) is 24.1 Å². The highest BCUT2D eigenvalue weighted by Gasteiger charge is 2.26. The third-order valence-corrected chi connectivity index (χ3v) is 7.95. The third-order valence-electron chi connectivity index (χ3n) is 6.79. The van der Waals surface area contributed by atoms with E-state index >= 15 is 0 Å². The number of aliphatic hydroxyl groups is 1. The number of H-pyrrole nitrogens is 1. The van der Waals surface area contributed by atoms with E-state index < -0.39 is 6.10 Å². The molecule has 6 rings (SSSR count). The van der Waals surface area contributed by atoms with Gasteiger partial charge in [0.1, 0.15) is 23.1 Å². The standard InChI is InChI=1S/C27H26N6O2S/c34-22(10-16-4-2-1-3-5-16)26(35)28-13-17-6-8-20-23(11-17)36-27-24(20)25(29-15-30-27)32-19-7-9-21-18(12-19)14-31-33-21/h1-5,7,9,12,14-15,17,22,34H,6,8,10-11,13H2,(H,28,35)(H,31,33)(H,29,30,32)/t17?,22-/m0/s1. The number of amides is 1. The average Bonchev–Trinajstić information content (AvgIpc) is 3.52. The largest absolute Gasteiger partial charge is 0.383 e. The molecule has 0 fully saturated rings. The van der Waals surface area contributed by atoms with Crippen molar-refractivity contribution < 1.29 is 9.90 Å². The maximum Gasteiger partial charge on any atom is 0.249 e. The van der Waals surface area contributed by atoms with Crippen molar-refractivity contribution in [3.63, 3.8) is 0 Å². The molecule has 0 bridgehead atoms. The summed E-state index contributed by atoms with van der Waals surface area (Å²) >= 11 is 1.71. The molecule has 0 saturated carbocycles. The molecule has 2 atom stereocenters. The van der Waals surface area contributed by atoms with Crippen LogP contribution >= 0.6 is 11.3 Å². The van der Waals surface area contributed by atoms with E-state index in [1.54, 1.807) is 17.7 Å². The number of nitrogens with one attached hydrogen (secondary N) is 3. The van der Waals surface area contributed by atoms with Crippen molar-refractivity contribution in [1.29, 1.82) is 0 Å². The summed E-state index contributed by atoms with van der Waals surface area (Å²) in [6.07, 6.45) is 5.44. The first-order chi connectivity index (χ1) is 17.6. The van der Waals surface area contributed by atoms with Gasteiger partial charge in [0.2, 0.25) is 5.91 Å². The number of carbonyl (C=O) groups excluding carboxylic acids is 1. The third kappa shape index (κ3) is 4.55. The number of carbonyl (C=O) groups is 1. The van der Waals surface area contributed by atoms with E-state index in [0.717, 1.165) is 57.5 Å². The number of rotatable bonds is 7. The van der Waals surface area contributed by atoms with E-state index in [9.17, 15) is 9.90 Å². The van der Waals surface area contributed by atoms with E-state index in [4.69, 9.17) is 0 Å². The topological polar surface area (TPSA) is 116 Å². The SMILES string of the molecule is O=C(NCC1CCc2c(sc3ncnc(Nc4ccc5[nH]ncc5c4)c23)C1)[C@@H](O)Cc1ccccc1. The summed E-state index contributed by atoms with van der Waals surface area (Å²) in [4.78, 5) is 23.8. The molecule has 0 aliphatic heterocycles. The van der Waals surface area contributed by atoms with E-state index in [0.29, 0.717) is 18.9 Å². The first-order valence-corrected chi connectivity index (χ1v) is 12.9. The van der Waals surface area contributed by atoms with E-state index in [1.807, 2.05) is 48.7 Å². The van der Waals surface area contributed by atoms with E-state index in [2.05, 4.69) is 36.9 Å². The minimum absolute atomic E-state index is 0.312. The number of thiophene rings is 1. The summed E-state index contributed by atoms with van der Waals surface area (Å²) in [6.45, 7) is 0.555. The lowest BCUT2D eigenvalue weighted by molar-refractivity contribution is -0.129. The van der Waals surface area contributed by atoms with E-state index in [1.165, 1.54) is 10.4 Å². The second-order valence-electron chi connectivity index (χ2n) is 9.26. The van der Waals surface area contributed by atoms with E-state index in [-0.39, 0.29) is 5.91 Å². The van der Waals surface area contributed by atoms with Crippen LogP contribution in [0.25, 0.3) is 21.1 Å². The maximum atomic E-state index is 12.5. The molecule has 0 spiro atoms. The number of aromatic amines is 1. The minimum atomic E-state index is -1.04. The zero-order chi connectivity index (χ0) is 24.5. The molecular formula is C27H26N6O2S. The normalized spacial score (nSPS) is 16.1. The molecule has 3 heterocycles. The Labute approximate surface area is 211 Å². The number of fused-ring (bicyclic) bond motifs is 4. The van der Waals surface area contributed by atoms with Crippen molar-refractivity contribution in [2.75, 3.05) is 11.9 Å². The van der Waals surface area contributed by atoms with Crippen LogP contribution in [0.4, 0.5) is 11.5 Å². The number of aromatic nitrogens is 4. The van der Waals surface area contributed by atoms with Gasteiger partial charge in [-0.25, -0.2) is 9.97 Å². The van der Waals surface area contributed by atoms with Gasteiger partial charge in [-0.2, -0.15) is 5.10 Å². The van der Waals surface area contributed by atoms with Gasteiger partial charge >= 0.3 is 0 Å². The molecule has 2 aromatic carbocycles. The van der Waals surface area contributed by atoms with Gasteiger partial charge in [-0.15, -0.1) is 11.3 Å². The van der Waals surface area contributed by atoms with Crippen molar-refractivity contribution in [1.82, 2.24) is 25.5 Å². The summed E-state index contributed by atoms with van der Waals surface area (Å²) in [5.41, 5.74) is 4.19. The van der Waals surface area contributed by atoms with Crippen LogP contribution in [0.1, 0.15) is 22.4 Å². The van der Waals surface area contributed by atoms with Crippen LogP contribution in [0.3, 0.4) is 0 Å². The predicted octanol–water partition coefficient (Wildman–Crippen LogP) is 4.14. The van der Waals surface area contributed by atoms with Gasteiger partial charge in [-0.05, 0) is 54.5 Å². The molecule has 4 N–H and O–H groups in total. The molecule has 3 aromatic heterocycles. The number of anilines is 2. The molecule has 36 heavy (non-hydrogen) atoms. The zero-order valence-corrected chi connectivity index (χ0v) is 20.4. The Morgan fingerprint density at radius 1 is 1.19 bits per heavy atom. The monoisotopic (exact) mass is 498 g/mol. The second kappa shape index (κ2) is 9.67. The van der Waals surface area contributed by atoms with Crippen molar-refractivity contribution in [2.45, 2.75) is 31.8 Å². The van der Waals surface area contributed by atoms with Gasteiger partial charge in [0, 0.05) is 28.9 Å². The van der Waals surface area contributed by atoms with Crippen molar-refractivity contribution in [2.24, 2.45) is 5.92 Å². The molecule has 0 radical (unpaired) electrons. The smallest absolute Gasteiger partial charge is 0.249 e. The first kappa shape index (κ1) is 22.6. The number of aryl methyl sites for hydroxylation is 1. The highest BCUT2D eigenvalue weighted by molar-refractivity contribution is 7.19. The second-order valence-corrected chi connectivity index (χ2v) is 10.3. The molecule has 182 valence electrons. The maximum absolute atomic E-state index is 12.5. The van der Waals surface area contributed by atoms with Crippen LogP contribution in [-0.4, -0.2) is 43.8 Å². The van der Waals surface area contributed by atoms with Gasteiger partial charge < -0.3 is 15.7 Å². The van der Waals surface area contributed by atoms with Crippen LogP contribution in [0.5, 0.6) is 0 Å². The highest BCUT2D eigenvalue weighted by Crippen LogP contribution is 2.40. The summed E-state index contributed by atoms with van der Waals surface area (Å²) in [5, 5.41) is 25.9. The summed E-state index contributed by atoms with van der Waals surface area (Å²) in [5.74, 6) is 0.829. The summed E-state index contributed by atoms with van der Waals surface area (Å²) in [6, 6.07) is 15.6. The molecule has 1 aliphatic carbocycles. The van der Waals surface area contributed by atoms with Crippen LogP contribution in [0, 0.1) is 5.92 Å². The molecular weight excluding hydrogens is 472 g/mol. The fraction of sp³-hybridized carbons (Fsp3) is 0.259. The molecule has 9 heteroatoms. The van der Waals surface area contributed by atoms with Crippen LogP contribution in [0.2, 0.25) is 0 Å². The Hall–Kier alpha value is -3.82. The lowest BCUT2D eigenvalue weighted by Gasteiger charge is -2.23. The van der Waals surface area contributed by atoms with Crippen LogP contribution in [0.15, 0.2) is 61.1 Å². The lowest BCUT2D eigenvalue weighted by Crippen LogP contribution is -2.39. The zero-order valence-electron chi connectivity index (χ0n) is 19.6. The Morgan fingerprint density at radius 2 is 2.08 bits per heavy atom. The minimum Gasteiger partial charge on any atom is -0.383 e. The molecule has 1 amide bonds. The van der Waals surface area contributed by atoms with Crippen molar-refractivity contribution in [3.05, 3.63) is 77.1 Å². The number of benzene rings is 2. The van der Waals surface area contributed by atoms with Crippen molar-refractivity contribution >= 4 is 49.9 Å². The van der Waals surface area contributed by atoms with Gasteiger partial charge in [0.25, 0.3) is 0 Å². The number of hydrogen-bond acceptors (Lipinski definition) is 7. The number of nitrogens with zero attached hydrogens (tertiary/aromatic N) is 3. The van der Waals surface area contributed by atoms with Crippen LogP contribution < -0.4 is 10.6 Å². The Kier molecular flexibility index (Phi) is 6.08. The molecule has 1 unspecified atom stereocenters. The summed E-state index contributed by atoms with van der Waals surface area (Å²) in [7, 11) is 0. The fourth-order valence-corrected chi connectivity index (χ4v) is 6.20. The van der Waals surface area contributed by atoms with Gasteiger partial charge in [-0.1, -0.05) is 30.3 Å². The van der Waals surface area contributed by atoms with Gasteiger partial charge in [0.05, 0.1) is 17.1 Å². The highest BCUT2D eigenvalue weighted by atomic mass is 32.1. The molecule has 0 saturated heterocycles. The Balaban J connectivity index is 1.14. The quantitative estimate of drug-likeness (QED) is 0.268. The van der Waals surface area contributed by atoms with Gasteiger partial charge in [0.15, 0.2) is 0 Å². The fourth-order valence-electron chi connectivity index (χ4n) is 4.90. The predicted molar refractivity (Wildman–Crippen MR) is 141 cm³/mol. The Bertz CT molecular complexity index is 1530. The number of hydrogen-bond donors (Lipinski definition) is 4. The first-order valence-electron chi connectivity index (χ1n) is 12.1. The molecule has 8 nitrogen and oxygen atoms in total. The number of aliphatic hydroxyl groups excluding tert-OH is 1. The lowest BCUT2D eigenvalue weighted by atomic mass is 9.87. The average molecular weight is 499 g/mol. The molecule has 5 aromatic rings.